The highest BCUT2D eigenvalue weighted by molar-refractivity contribution is 5.99. The van der Waals surface area contributed by atoms with Crippen molar-refractivity contribution in [1.29, 1.82) is 0 Å². The molecule has 0 aliphatic rings. The van der Waals surface area contributed by atoms with E-state index in [2.05, 4.69) is 10.5 Å². The zero-order valence-electron chi connectivity index (χ0n) is 12.9. The molecule has 5 nitrogen and oxygen atoms in total. The van der Waals surface area contributed by atoms with Crippen LogP contribution >= 0.6 is 0 Å². The van der Waals surface area contributed by atoms with Crippen LogP contribution in [0.4, 0.5) is 4.39 Å². The van der Waals surface area contributed by atoms with Gasteiger partial charge in [-0.1, -0.05) is 18.2 Å². The van der Waals surface area contributed by atoms with Crippen molar-refractivity contribution >= 4 is 11.6 Å². The summed E-state index contributed by atoms with van der Waals surface area (Å²) in [5.41, 5.74) is 3.05. The maximum Gasteiger partial charge on any atom is 0.277 e. The van der Waals surface area contributed by atoms with Crippen LogP contribution in [0.2, 0.25) is 0 Å². The lowest BCUT2D eigenvalue weighted by Gasteiger charge is -2.07. The van der Waals surface area contributed by atoms with Crippen LogP contribution in [0.25, 0.3) is 0 Å². The molecule has 0 fully saturated rings. The topological polar surface area (TPSA) is 59.9 Å². The van der Waals surface area contributed by atoms with Crippen molar-refractivity contribution in [2.24, 2.45) is 5.10 Å². The van der Waals surface area contributed by atoms with Crippen LogP contribution < -0.4 is 14.9 Å². The molecule has 0 aliphatic heterocycles. The van der Waals surface area contributed by atoms with Gasteiger partial charge in [0.15, 0.2) is 6.61 Å². The molecule has 23 heavy (non-hydrogen) atoms. The van der Waals surface area contributed by atoms with Crippen molar-refractivity contribution < 1.29 is 18.7 Å². The van der Waals surface area contributed by atoms with Crippen molar-refractivity contribution in [2.45, 2.75) is 6.92 Å². The summed E-state index contributed by atoms with van der Waals surface area (Å²) in [5.74, 6) is 0.414. The Hall–Kier alpha value is -2.89. The van der Waals surface area contributed by atoms with Crippen molar-refractivity contribution in [3.63, 3.8) is 0 Å². The molecule has 2 aromatic rings. The lowest BCUT2D eigenvalue weighted by atomic mass is 10.1. The van der Waals surface area contributed by atoms with Crippen LogP contribution in [0.1, 0.15) is 12.5 Å². The predicted octanol–water partition coefficient (Wildman–Crippen LogP) is 2.75. The van der Waals surface area contributed by atoms with Gasteiger partial charge in [0.2, 0.25) is 0 Å². The maximum atomic E-state index is 13.6. The number of halogens is 1. The molecule has 0 aromatic heterocycles. The van der Waals surface area contributed by atoms with Gasteiger partial charge in [0.25, 0.3) is 5.91 Å². The monoisotopic (exact) mass is 316 g/mol. The second-order valence-electron chi connectivity index (χ2n) is 4.68. The normalized spacial score (nSPS) is 11.0. The van der Waals surface area contributed by atoms with E-state index < -0.39 is 11.7 Å². The largest absolute Gasteiger partial charge is 0.497 e. The number of hydrogen-bond donors (Lipinski definition) is 1. The van der Waals surface area contributed by atoms with Crippen LogP contribution in [-0.4, -0.2) is 25.3 Å². The fourth-order valence-electron chi connectivity index (χ4n) is 1.81. The number of carbonyl (C=O) groups is 1. The summed E-state index contributed by atoms with van der Waals surface area (Å²) in [6.07, 6.45) is 0. The first kappa shape index (κ1) is 16.5. The molecule has 0 bridgehead atoms. The number of rotatable bonds is 6. The average molecular weight is 316 g/mol. The maximum absolute atomic E-state index is 13.6. The minimum absolute atomic E-state index is 0.194. The minimum Gasteiger partial charge on any atom is -0.497 e. The van der Waals surface area contributed by atoms with Crippen LogP contribution in [-0.2, 0) is 4.79 Å². The Morgan fingerprint density at radius 2 is 1.78 bits per heavy atom. The summed E-state index contributed by atoms with van der Waals surface area (Å²) in [7, 11) is 1.57. The summed E-state index contributed by atoms with van der Waals surface area (Å²) < 4.78 is 23.9. The smallest absolute Gasteiger partial charge is 0.277 e. The SMILES string of the molecule is COc1ccc(OCC(=O)NN=C(C)c2ccccc2F)cc1. The number of hydrazone groups is 1. The van der Waals surface area contributed by atoms with Crippen molar-refractivity contribution in [1.82, 2.24) is 5.43 Å². The number of hydrogen-bond acceptors (Lipinski definition) is 4. The Morgan fingerprint density at radius 1 is 1.13 bits per heavy atom. The summed E-state index contributed by atoms with van der Waals surface area (Å²) in [4.78, 5) is 11.7. The number of methoxy groups -OCH3 is 1. The standard InChI is InChI=1S/C17H17FN2O3/c1-12(15-5-3-4-6-16(15)18)19-20-17(21)11-23-14-9-7-13(22-2)8-10-14/h3-10H,11H2,1-2H3,(H,20,21). The molecule has 2 rings (SSSR count). The number of benzene rings is 2. The van der Waals surface area contributed by atoms with E-state index in [9.17, 15) is 9.18 Å². The van der Waals surface area contributed by atoms with Gasteiger partial charge in [0, 0.05) is 5.56 Å². The van der Waals surface area contributed by atoms with Gasteiger partial charge in [-0.2, -0.15) is 5.10 Å². The van der Waals surface area contributed by atoms with E-state index in [-0.39, 0.29) is 6.61 Å². The molecule has 0 atom stereocenters. The third-order valence-electron chi connectivity index (χ3n) is 3.04. The van der Waals surface area contributed by atoms with Gasteiger partial charge in [0.1, 0.15) is 17.3 Å². The Labute approximate surface area is 133 Å². The number of nitrogens with one attached hydrogen (secondary N) is 1. The summed E-state index contributed by atoms with van der Waals surface area (Å²) >= 11 is 0. The Balaban J connectivity index is 1.87. The minimum atomic E-state index is -0.434. The Morgan fingerprint density at radius 3 is 2.43 bits per heavy atom. The first-order chi connectivity index (χ1) is 11.1. The van der Waals surface area contributed by atoms with E-state index in [1.54, 1.807) is 56.5 Å². The quantitative estimate of drug-likeness (QED) is 0.658. The molecule has 0 radical (unpaired) electrons. The van der Waals surface area contributed by atoms with Gasteiger partial charge in [-0.15, -0.1) is 0 Å². The molecule has 0 saturated carbocycles. The molecule has 0 unspecified atom stereocenters. The third-order valence-corrected chi connectivity index (χ3v) is 3.04. The van der Waals surface area contributed by atoms with Gasteiger partial charge >= 0.3 is 0 Å². The first-order valence-corrected chi connectivity index (χ1v) is 6.95. The molecule has 0 aliphatic carbocycles. The molecule has 1 amide bonds. The number of carbonyl (C=O) groups excluding carboxylic acids is 1. The van der Waals surface area contributed by atoms with E-state index in [0.717, 1.165) is 0 Å². The van der Waals surface area contributed by atoms with Gasteiger partial charge in [0.05, 0.1) is 12.8 Å². The van der Waals surface area contributed by atoms with Gasteiger partial charge in [-0.3, -0.25) is 4.79 Å². The van der Waals surface area contributed by atoms with E-state index in [1.807, 2.05) is 0 Å². The molecule has 0 saturated heterocycles. The van der Waals surface area contributed by atoms with Crippen molar-refractivity contribution in [3.8, 4) is 11.5 Å². The Kier molecular flexibility index (Phi) is 5.68. The fraction of sp³-hybridized carbons (Fsp3) is 0.176. The lowest BCUT2D eigenvalue weighted by Crippen LogP contribution is -2.25. The third kappa shape index (κ3) is 4.81. The molecule has 0 heterocycles. The van der Waals surface area contributed by atoms with Crippen LogP contribution in [0.3, 0.4) is 0 Å². The molecule has 120 valence electrons. The highest BCUT2D eigenvalue weighted by atomic mass is 19.1. The predicted molar refractivity (Wildman–Crippen MR) is 85.2 cm³/mol. The highest BCUT2D eigenvalue weighted by Crippen LogP contribution is 2.16. The molecular weight excluding hydrogens is 299 g/mol. The van der Waals surface area contributed by atoms with E-state index in [0.29, 0.717) is 22.8 Å². The summed E-state index contributed by atoms with van der Waals surface area (Å²) in [5, 5.41) is 3.87. The number of nitrogens with zero attached hydrogens (tertiary/aromatic N) is 1. The van der Waals surface area contributed by atoms with Crippen molar-refractivity contribution in [3.05, 3.63) is 59.9 Å². The summed E-state index contributed by atoms with van der Waals surface area (Å²) in [6, 6.07) is 13.1. The Bertz CT molecular complexity index is 699. The molecule has 6 heteroatoms. The zero-order chi connectivity index (χ0) is 16.7. The first-order valence-electron chi connectivity index (χ1n) is 6.95. The average Bonchev–Trinajstić information content (AvgIpc) is 2.58. The molecule has 0 spiro atoms. The molecular formula is C17H17FN2O3. The zero-order valence-corrected chi connectivity index (χ0v) is 12.9. The van der Waals surface area contributed by atoms with E-state index >= 15 is 0 Å². The number of amides is 1. The van der Waals surface area contributed by atoms with E-state index in [1.165, 1.54) is 6.07 Å². The van der Waals surface area contributed by atoms with Crippen LogP contribution in [0.15, 0.2) is 53.6 Å². The molecule has 2 aromatic carbocycles. The van der Waals surface area contributed by atoms with Crippen molar-refractivity contribution in [2.75, 3.05) is 13.7 Å². The molecule has 1 N–H and O–H groups in total. The van der Waals surface area contributed by atoms with E-state index in [4.69, 9.17) is 9.47 Å². The second kappa shape index (κ2) is 7.93. The van der Waals surface area contributed by atoms with Gasteiger partial charge < -0.3 is 9.47 Å². The van der Waals surface area contributed by atoms with Crippen LogP contribution in [0.5, 0.6) is 11.5 Å². The highest BCUT2D eigenvalue weighted by Gasteiger charge is 2.06. The lowest BCUT2D eigenvalue weighted by molar-refractivity contribution is -0.123. The van der Waals surface area contributed by atoms with Gasteiger partial charge in [-0.05, 0) is 37.3 Å². The fourth-order valence-corrected chi connectivity index (χ4v) is 1.81. The number of ether oxygens (including phenoxy) is 2. The summed E-state index contributed by atoms with van der Waals surface area (Å²) in [6.45, 7) is 1.42. The second-order valence-corrected chi connectivity index (χ2v) is 4.68. The van der Waals surface area contributed by atoms with Crippen LogP contribution in [0, 0.1) is 5.82 Å². The van der Waals surface area contributed by atoms with Gasteiger partial charge in [-0.25, -0.2) is 9.82 Å².